The van der Waals surface area contributed by atoms with Crippen LogP contribution in [0.15, 0.2) is 53.9 Å². The van der Waals surface area contributed by atoms with Crippen LogP contribution in [-0.2, 0) is 11.3 Å². The molecule has 0 saturated heterocycles. The van der Waals surface area contributed by atoms with Crippen molar-refractivity contribution in [2.45, 2.75) is 58.4 Å². The van der Waals surface area contributed by atoms with Gasteiger partial charge in [-0.15, -0.1) is 11.3 Å². The van der Waals surface area contributed by atoms with Crippen LogP contribution in [0.4, 0.5) is 5.13 Å². The lowest BCUT2D eigenvalue weighted by Gasteiger charge is -2.29. The van der Waals surface area contributed by atoms with Crippen molar-refractivity contribution in [3.63, 3.8) is 0 Å². The molecule has 174 valence electrons. The highest BCUT2D eigenvalue weighted by Gasteiger charge is 2.21. The Kier molecular flexibility index (Phi) is 7.81. The van der Waals surface area contributed by atoms with Gasteiger partial charge in [-0.2, -0.15) is 0 Å². The fourth-order valence-electron chi connectivity index (χ4n) is 4.61. The van der Waals surface area contributed by atoms with Crippen molar-refractivity contribution in [2.24, 2.45) is 5.92 Å². The number of nitrogens with zero attached hydrogens (tertiary/aromatic N) is 2. The largest absolute Gasteiger partial charge is 0.465 e. The number of hydrogen-bond donors (Lipinski definition) is 0. The van der Waals surface area contributed by atoms with Gasteiger partial charge in [-0.3, -0.25) is 0 Å². The van der Waals surface area contributed by atoms with Gasteiger partial charge in [0.2, 0.25) is 0 Å². The summed E-state index contributed by atoms with van der Waals surface area (Å²) in [7, 11) is 1.43. The topological polar surface area (TPSA) is 42.4 Å². The second kappa shape index (κ2) is 11.0. The fourth-order valence-corrected chi connectivity index (χ4v) is 5.45. The number of carbonyl (C=O) groups excluding carboxylic acids is 1. The van der Waals surface area contributed by atoms with Crippen LogP contribution in [0.3, 0.4) is 0 Å². The van der Waals surface area contributed by atoms with Gasteiger partial charge < -0.3 is 9.64 Å². The Bertz CT molecular complexity index is 1050. The standard InChI is InChI=1S/C28H34N2O2S/c1-20(2)23-12-14-24(15-13-23)26-19-33-28(29-26)30(17-21-8-5-4-6-9-21)18-22-10-7-11-25(16-22)27(31)32-3/h7,10-16,19-21H,4-6,8-9,17-18H2,1-3H3. The van der Waals surface area contributed by atoms with Crippen LogP contribution in [0.2, 0.25) is 0 Å². The van der Waals surface area contributed by atoms with Gasteiger partial charge in [0.15, 0.2) is 5.13 Å². The summed E-state index contributed by atoms with van der Waals surface area (Å²) in [5.74, 6) is 0.925. The van der Waals surface area contributed by atoms with E-state index in [9.17, 15) is 4.79 Å². The Morgan fingerprint density at radius 3 is 2.58 bits per heavy atom. The Labute approximate surface area is 201 Å². The molecule has 1 aliphatic carbocycles. The zero-order valence-electron chi connectivity index (χ0n) is 19.9. The number of benzene rings is 2. The SMILES string of the molecule is COC(=O)c1cccc(CN(CC2CCCCC2)c2nc(-c3ccc(C(C)C)cc3)cs2)c1. The molecule has 33 heavy (non-hydrogen) atoms. The normalized spacial score (nSPS) is 14.4. The highest BCUT2D eigenvalue weighted by atomic mass is 32.1. The Morgan fingerprint density at radius 1 is 1.12 bits per heavy atom. The predicted octanol–water partition coefficient (Wildman–Crippen LogP) is 7.31. The van der Waals surface area contributed by atoms with Crippen molar-refractivity contribution in [3.05, 3.63) is 70.6 Å². The minimum atomic E-state index is -0.294. The van der Waals surface area contributed by atoms with Gasteiger partial charge in [0, 0.05) is 24.0 Å². The Balaban J connectivity index is 1.58. The summed E-state index contributed by atoms with van der Waals surface area (Å²) < 4.78 is 4.91. The number of thiazole rings is 1. The molecule has 1 fully saturated rings. The molecule has 0 amide bonds. The van der Waals surface area contributed by atoms with Crippen LogP contribution in [0.25, 0.3) is 11.3 Å². The van der Waals surface area contributed by atoms with Crippen molar-refractivity contribution in [2.75, 3.05) is 18.6 Å². The van der Waals surface area contributed by atoms with E-state index in [-0.39, 0.29) is 5.97 Å². The van der Waals surface area contributed by atoms with Gasteiger partial charge in [0.1, 0.15) is 0 Å². The zero-order valence-corrected chi connectivity index (χ0v) is 20.7. The molecule has 3 aromatic rings. The highest BCUT2D eigenvalue weighted by molar-refractivity contribution is 7.14. The van der Waals surface area contributed by atoms with E-state index >= 15 is 0 Å². The molecule has 0 bridgehead atoms. The zero-order chi connectivity index (χ0) is 23.2. The first-order valence-corrected chi connectivity index (χ1v) is 12.9. The second-order valence-corrected chi connectivity index (χ2v) is 10.2. The van der Waals surface area contributed by atoms with E-state index in [1.54, 1.807) is 11.3 Å². The molecule has 2 aromatic carbocycles. The lowest BCUT2D eigenvalue weighted by molar-refractivity contribution is 0.0600. The summed E-state index contributed by atoms with van der Waals surface area (Å²) in [6, 6.07) is 16.5. The molecule has 0 radical (unpaired) electrons. The van der Waals surface area contributed by atoms with Gasteiger partial charge >= 0.3 is 5.97 Å². The minimum Gasteiger partial charge on any atom is -0.465 e. The fraction of sp³-hybridized carbons (Fsp3) is 0.429. The van der Waals surface area contributed by atoms with Crippen LogP contribution in [-0.4, -0.2) is 24.6 Å². The van der Waals surface area contributed by atoms with E-state index in [1.807, 2.05) is 18.2 Å². The molecule has 0 spiro atoms. The molecule has 1 saturated carbocycles. The number of rotatable bonds is 8. The lowest BCUT2D eigenvalue weighted by Crippen LogP contribution is -2.30. The monoisotopic (exact) mass is 462 g/mol. The first-order valence-electron chi connectivity index (χ1n) is 12.0. The first-order chi connectivity index (χ1) is 16.0. The van der Waals surface area contributed by atoms with Gasteiger partial charge in [-0.05, 0) is 47.9 Å². The summed E-state index contributed by atoms with van der Waals surface area (Å²) in [4.78, 5) is 19.5. The quantitative estimate of drug-likeness (QED) is 0.329. The number of carbonyl (C=O) groups is 1. The second-order valence-electron chi connectivity index (χ2n) is 9.37. The summed E-state index contributed by atoms with van der Waals surface area (Å²) >= 11 is 1.71. The van der Waals surface area contributed by atoms with Crippen LogP contribution in [0, 0.1) is 5.92 Å². The van der Waals surface area contributed by atoms with Crippen molar-refractivity contribution >= 4 is 22.4 Å². The number of hydrogen-bond acceptors (Lipinski definition) is 5. The van der Waals surface area contributed by atoms with E-state index in [0.29, 0.717) is 17.4 Å². The molecule has 0 unspecified atom stereocenters. The van der Waals surface area contributed by atoms with Crippen LogP contribution in [0.5, 0.6) is 0 Å². The molecule has 0 N–H and O–H groups in total. The smallest absolute Gasteiger partial charge is 0.337 e. The van der Waals surface area contributed by atoms with Gasteiger partial charge in [-0.25, -0.2) is 9.78 Å². The van der Waals surface area contributed by atoms with Crippen molar-refractivity contribution in [1.82, 2.24) is 4.98 Å². The van der Waals surface area contributed by atoms with Gasteiger partial charge in [-0.1, -0.05) is 69.5 Å². The average molecular weight is 463 g/mol. The first kappa shape index (κ1) is 23.5. The van der Waals surface area contributed by atoms with Crippen molar-refractivity contribution in [3.8, 4) is 11.3 Å². The molecule has 5 heteroatoms. The Hall–Kier alpha value is -2.66. The molecular weight excluding hydrogens is 428 g/mol. The van der Waals surface area contributed by atoms with Gasteiger partial charge in [0.25, 0.3) is 0 Å². The minimum absolute atomic E-state index is 0.294. The molecule has 1 aliphatic rings. The third-order valence-electron chi connectivity index (χ3n) is 6.56. The number of ether oxygens (including phenoxy) is 1. The molecule has 0 atom stereocenters. The van der Waals surface area contributed by atoms with Crippen LogP contribution < -0.4 is 4.90 Å². The number of esters is 1. The summed E-state index contributed by atoms with van der Waals surface area (Å²) in [6.45, 7) is 6.17. The maximum Gasteiger partial charge on any atom is 0.337 e. The van der Waals surface area contributed by atoms with E-state index in [2.05, 4.69) is 54.5 Å². The molecule has 4 nitrogen and oxygen atoms in total. The predicted molar refractivity (Wildman–Crippen MR) is 137 cm³/mol. The van der Waals surface area contributed by atoms with Crippen LogP contribution >= 0.6 is 11.3 Å². The van der Waals surface area contributed by atoms with Crippen molar-refractivity contribution in [1.29, 1.82) is 0 Å². The molecular formula is C28H34N2O2S. The molecule has 0 aliphatic heterocycles. The van der Waals surface area contributed by atoms with Crippen LogP contribution in [0.1, 0.15) is 73.4 Å². The highest BCUT2D eigenvalue weighted by Crippen LogP contribution is 2.32. The maximum absolute atomic E-state index is 12.0. The molecule has 1 aromatic heterocycles. The third-order valence-corrected chi connectivity index (χ3v) is 7.46. The number of anilines is 1. The summed E-state index contributed by atoms with van der Waals surface area (Å²) in [5.41, 5.74) is 5.23. The van der Waals surface area contributed by atoms with E-state index in [0.717, 1.165) is 35.0 Å². The summed E-state index contributed by atoms with van der Waals surface area (Å²) in [5, 5.41) is 3.21. The van der Waals surface area contributed by atoms with E-state index < -0.39 is 0 Å². The van der Waals surface area contributed by atoms with E-state index in [1.165, 1.54) is 44.8 Å². The van der Waals surface area contributed by atoms with E-state index in [4.69, 9.17) is 9.72 Å². The lowest BCUT2D eigenvalue weighted by atomic mass is 9.89. The molecule has 1 heterocycles. The van der Waals surface area contributed by atoms with Crippen molar-refractivity contribution < 1.29 is 9.53 Å². The van der Waals surface area contributed by atoms with Gasteiger partial charge in [0.05, 0.1) is 18.4 Å². The average Bonchev–Trinajstić information content (AvgIpc) is 3.34. The number of aromatic nitrogens is 1. The maximum atomic E-state index is 12.0. The summed E-state index contributed by atoms with van der Waals surface area (Å²) in [6.07, 6.45) is 6.57. The Morgan fingerprint density at radius 2 is 1.88 bits per heavy atom. The molecule has 4 rings (SSSR count). The third kappa shape index (κ3) is 6.02. The number of methoxy groups -OCH3 is 1.